The smallest absolute Gasteiger partial charge is 0.412 e. The molecule has 1 unspecified atom stereocenters. The molecule has 0 aliphatic rings. The summed E-state index contributed by atoms with van der Waals surface area (Å²) in [5.41, 5.74) is 2.26. The van der Waals surface area contributed by atoms with Crippen LogP contribution in [0.4, 0.5) is 10.5 Å². The standard InChI is InChI=1S/C16H22N4O2S/c1-11(17-9-14-10-23-20-19-14)12-5-7-13(8-6-12)18-15(21)22-16(2,3)4/h5-8,10-11,17H,9H2,1-4H3,(H,18,21). The molecule has 0 spiro atoms. The van der Waals surface area contributed by atoms with Crippen LogP contribution < -0.4 is 10.6 Å². The van der Waals surface area contributed by atoms with Crippen LogP contribution >= 0.6 is 11.5 Å². The minimum Gasteiger partial charge on any atom is -0.444 e. The molecule has 1 heterocycles. The van der Waals surface area contributed by atoms with Crippen LogP contribution in [-0.2, 0) is 11.3 Å². The highest BCUT2D eigenvalue weighted by molar-refractivity contribution is 7.03. The molecular weight excluding hydrogens is 312 g/mol. The predicted octanol–water partition coefficient (Wildman–Crippen LogP) is 3.74. The van der Waals surface area contributed by atoms with E-state index >= 15 is 0 Å². The first kappa shape index (κ1) is 17.4. The number of anilines is 1. The summed E-state index contributed by atoms with van der Waals surface area (Å²) in [4.78, 5) is 11.7. The molecule has 124 valence electrons. The quantitative estimate of drug-likeness (QED) is 0.871. The number of rotatable bonds is 5. The highest BCUT2D eigenvalue weighted by Gasteiger charge is 2.16. The summed E-state index contributed by atoms with van der Waals surface area (Å²) in [7, 11) is 0. The van der Waals surface area contributed by atoms with E-state index in [1.807, 2.05) is 50.4 Å². The largest absolute Gasteiger partial charge is 0.444 e. The number of nitrogens with one attached hydrogen (secondary N) is 2. The third-order valence-electron chi connectivity index (χ3n) is 3.05. The van der Waals surface area contributed by atoms with Crippen molar-refractivity contribution in [1.82, 2.24) is 14.9 Å². The maximum absolute atomic E-state index is 11.7. The maximum atomic E-state index is 11.7. The summed E-state index contributed by atoms with van der Waals surface area (Å²) in [6, 6.07) is 7.85. The molecule has 0 aliphatic carbocycles. The fourth-order valence-corrected chi connectivity index (χ4v) is 2.36. The molecule has 2 aromatic rings. The fraction of sp³-hybridized carbons (Fsp3) is 0.438. The SMILES string of the molecule is CC(NCc1csnn1)c1ccc(NC(=O)OC(C)(C)C)cc1. The zero-order valence-corrected chi connectivity index (χ0v) is 14.6. The second-order valence-electron chi connectivity index (χ2n) is 6.25. The van der Waals surface area contributed by atoms with E-state index in [4.69, 9.17) is 4.74 Å². The number of ether oxygens (including phenoxy) is 1. The van der Waals surface area contributed by atoms with Crippen molar-refractivity contribution in [2.75, 3.05) is 5.32 Å². The summed E-state index contributed by atoms with van der Waals surface area (Å²) >= 11 is 1.35. The molecule has 0 fully saturated rings. The fourth-order valence-electron chi connectivity index (χ4n) is 1.91. The topological polar surface area (TPSA) is 76.1 Å². The molecule has 1 aromatic heterocycles. The molecule has 23 heavy (non-hydrogen) atoms. The molecule has 6 nitrogen and oxygen atoms in total. The summed E-state index contributed by atoms with van der Waals surface area (Å²) in [6.07, 6.45) is -0.451. The number of nitrogens with zero attached hydrogens (tertiary/aromatic N) is 2. The van der Waals surface area contributed by atoms with Crippen LogP contribution in [0.5, 0.6) is 0 Å². The highest BCUT2D eigenvalue weighted by Crippen LogP contribution is 2.17. The Morgan fingerprint density at radius 2 is 2.00 bits per heavy atom. The van der Waals surface area contributed by atoms with Gasteiger partial charge in [0.1, 0.15) is 5.60 Å². The van der Waals surface area contributed by atoms with Gasteiger partial charge >= 0.3 is 6.09 Å². The second kappa shape index (κ2) is 7.52. The molecule has 0 radical (unpaired) electrons. The van der Waals surface area contributed by atoms with Crippen molar-refractivity contribution in [3.8, 4) is 0 Å². The van der Waals surface area contributed by atoms with Gasteiger partial charge in [0, 0.05) is 23.7 Å². The minimum absolute atomic E-state index is 0.173. The van der Waals surface area contributed by atoms with E-state index in [2.05, 4.69) is 27.1 Å². The van der Waals surface area contributed by atoms with Gasteiger partial charge in [-0.1, -0.05) is 16.6 Å². The maximum Gasteiger partial charge on any atom is 0.412 e. The average molecular weight is 334 g/mol. The highest BCUT2D eigenvalue weighted by atomic mass is 32.1. The lowest BCUT2D eigenvalue weighted by molar-refractivity contribution is 0.0636. The van der Waals surface area contributed by atoms with Crippen LogP contribution in [0.3, 0.4) is 0 Å². The molecule has 2 rings (SSSR count). The van der Waals surface area contributed by atoms with Crippen LogP contribution in [0, 0.1) is 0 Å². The average Bonchev–Trinajstić information content (AvgIpc) is 2.96. The van der Waals surface area contributed by atoms with Gasteiger partial charge in [-0.2, -0.15) is 0 Å². The summed E-state index contributed by atoms with van der Waals surface area (Å²) < 4.78 is 9.06. The molecule has 2 N–H and O–H groups in total. The summed E-state index contributed by atoms with van der Waals surface area (Å²) in [5, 5.41) is 12.0. The van der Waals surface area contributed by atoms with E-state index in [-0.39, 0.29) is 6.04 Å². The van der Waals surface area contributed by atoms with Gasteiger partial charge in [0.15, 0.2) is 0 Å². The van der Waals surface area contributed by atoms with Crippen molar-refractivity contribution in [3.63, 3.8) is 0 Å². The van der Waals surface area contributed by atoms with Gasteiger partial charge < -0.3 is 10.1 Å². The lowest BCUT2D eigenvalue weighted by Gasteiger charge is -2.20. The first-order chi connectivity index (χ1) is 10.8. The van der Waals surface area contributed by atoms with Crippen molar-refractivity contribution < 1.29 is 9.53 Å². The Morgan fingerprint density at radius 1 is 1.30 bits per heavy atom. The van der Waals surface area contributed by atoms with Gasteiger partial charge in [-0.3, -0.25) is 5.32 Å². The number of hydrogen-bond donors (Lipinski definition) is 2. The third kappa shape index (κ3) is 5.96. The van der Waals surface area contributed by atoms with E-state index in [0.29, 0.717) is 12.2 Å². The van der Waals surface area contributed by atoms with E-state index in [1.165, 1.54) is 11.5 Å². The van der Waals surface area contributed by atoms with Gasteiger partial charge in [0.25, 0.3) is 0 Å². The zero-order chi connectivity index (χ0) is 16.9. The summed E-state index contributed by atoms with van der Waals surface area (Å²) in [5.74, 6) is 0. The van der Waals surface area contributed by atoms with Crippen LogP contribution in [0.2, 0.25) is 0 Å². The molecule has 0 bridgehead atoms. The zero-order valence-electron chi connectivity index (χ0n) is 13.8. The molecule has 0 aliphatic heterocycles. The van der Waals surface area contributed by atoms with Gasteiger partial charge in [0.2, 0.25) is 0 Å². The Hall–Kier alpha value is -1.99. The molecular formula is C16H22N4O2S. The molecule has 7 heteroatoms. The van der Waals surface area contributed by atoms with E-state index in [1.54, 1.807) is 0 Å². The Morgan fingerprint density at radius 3 is 2.57 bits per heavy atom. The number of amides is 1. The summed E-state index contributed by atoms with van der Waals surface area (Å²) in [6.45, 7) is 8.26. The lowest BCUT2D eigenvalue weighted by atomic mass is 10.1. The Kier molecular flexibility index (Phi) is 5.68. The van der Waals surface area contributed by atoms with Crippen LogP contribution in [-0.4, -0.2) is 21.3 Å². The van der Waals surface area contributed by atoms with Crippen LogP contribution in [0.1, 0.15) is 45.0 Å². The first-order valence-corrected chi connectivity index (χ1v) is 8.26. The monoisotopic (exact) mass is 334 g/mol. The Bertz CT molecular complexity index is 621. The third-order valence-corrected chi connectivity index (χ3v) is 3.60. The van der Waals surface area contributed by atoms with Gasteiger partial charge in [-0.25, -0.2) is 4.79 Å². The van der Waals surface area contributed by atoms with Crippen molar-refractivity contribution in [1.29, 1.82) is 0 Å². The molecule has 1 amide bonds. The normalized spacial score (nSPS) is 12.7. The van der Waals surface area contributed by atoms with Gasteiger partial charge in [-0.15, -0.1) is 5.10 Å². The number of carbonyl (C=O) groups is 1. The van der Waals surface area contributed by atoms with Crippen molar-refractivity contribution in [2.45, 2.75) is 45.9 Å². The van der Waals surface area contributed by atoms with Crippen molar-refractivity contribution >= 4 is 23.3 Å². The number of benzene rings is 1. The van der Waals surface area contributed by atoms with Crippen molar-refractivity contribution in [2.24, 2.45) is 0 Å². The van der Waals surface area contributed by atoms with Gasteiger partial charge in [-0.05, 0) is 56.9 Å². The van der Waals surface area contributed by atoms with E-state index < -0.39 is 11.7 Å². The predicted molar refractivity (Wildman–Crippen MR) is 91.5 cm³/mol. The number of carbonyl (C=O) groups excluding carboxylic acids is 1. The van der Waals surface area contributed by atoms with Crippen molar-refractivity contribution in [3.05, 3.63) is 40.9 Å². The molecule has 1 aromatic carbocycles. The van der Waals surface area contributed by atoms with Crippen LogP contribution in [0.15, 0.2) is 29.6 Å². The first-order valence-electron chi connectivity index (χ1n) is 7.43. The molecule has 0 saturated carbocycles. The van der Waals surface area contributed by atoms with Crippen LogP contribution in [0.25, 0.3) is 0 Å². The Balaban J connectivity index is 1.87. The molecule has 1 atom stereocenters. The minimum atomic E-state index is -0.507. The van der Waals surface area contributed by atoms with Gasteiger partial charge in [0.05, 0.1) is 5.69 Å². The lowest BCUT2D eigenvalue weighted by Crippen LogP contribution is -2.27. The molecule has 0 saturated heterocycles. The Labute approximate surface area is 140 Å². The second-order valence-corrected chi connectivity index (χ2v) is 6.86. The number of hydrogen-bond acceptors (Lipinski definition) is 6. The van der Waals surface area contributed by atoms with E-state index in [9.17, 15) is 4.79 Å². The number of aromatic nitrogens is 2. The van der Waals surface area contributed by atoms with E-state index in [0.717, 1.165) is 11.3 Å².